The molecule has 0 bridgehead atoms. The van der Waals surface area contributed by atoms with Crippen molar-refractivity contribution in [3.8, 4) is 0 Å². The van der Waals surface area contributed by atoms with Crippen LogP contribution in [0.5, 0.6) is 0 Å². The highest BCUT2D eigenvalue weighted by Gasteiger charge is 1.88. The van der Waals surface area contributed by atoms with Crippen LogP contribution in [0, 0.1) is 5.92 Å². The molecule has 1 nitrogen and oxygen atoms in total. The Morgan fingerprint density at radius 1 is 1.00 bits per heavy atom. The van der Waals surface area contributed by atoms with E-state index in [1.807, 2.05) is 34.7 Å². The topological polar surface area (TPSA) is 12.0 Å². The quantitative estimate of drug-likeness (QED) is 0.669. The van der Waals surface area contributed by atoms with E-state index in [2.05, 4.69) is 19.2 Å². The molecule has 72 valence electrons. The van der Waals surface area contributed by atoms with Crippen molar-refractivity contribution in [2.24, 2.45) is 5.92 Å². The van der Waals surface area contributed by atoms with Crippen LogP contribution in [-0.4, -0.2) is 13.6 Å². The lowest BCUT2D eigenvalue weighted by Crippen LogP contribution is -2.09. The largest absolute Gasteiger partial charge is 0.320 e. The summed E-state index contributed by atoms with van der Waals surface area (Å²) in [6, 6.07) is 0. The molecule has 0 radical (unpaired) electrons. The molecule has 0 aromatic heterocycles. The number of hydrogen-bond donors (Lipinski definition) is 1. The smallest absolute Gasteiger partial charge is 0.00495 e. The van der Waals surface area contributed by atoms with E-state index in [1.54, 1.807) is 0 Å². The second-order valence-electron chi connectivity index (χ2n) is 2.29. The van der Waals surface area contributed by atoms with Gasteiger partial charge in [-0.1, -0.05) is 41.5 Å². The van der Waals surface area contributed by atoms with Crippen LogP contribution < -0.4 is 5.32 Å². The van der Waals surface area contributed by atoms with Crippen LogP contribution in [0.1, 0.15) is 48.0 Å². The van der Waals surface area contributed by atoms with Crippen LogP contribution in [0.2, 0.25) is 0 Å². The Morgan fingerprint density at radius 3 is 1.45 bits per heavy atom. The van der Waals surface area contributed by atoms with Crippen LogP contribution in [0.15, 0.2) is 0 Å². The Bertz CT molecular complexity index is 33.9. The molecular formula is C10H27N. The fraction of sp³-hybridized carbons (Fsp3) is 1.00. The van der Waals surface area contributed by atoms with Crippen molar-refractivity contribution < 1.29 is 0 Å². The zero-order valence-electron chi connectivity index (χ0n) is 9.49. The molecule has 1 N–H and O–H groups in total. The summed E-state index contributed by atoms with van der Waals surface area (Å²) in [7, 11) is 1.99. The molecule has 0 unspecified atom stereocenters. The average molecular weight is 161 g/mol. The van der Waals surface area contributed by atoms with E-state index in [0.29, 0.717) is 0 Å². The van der Waals surface area contributed by atoms with E-state index in [0.717, 1.165) is 12.5 Å². The average Bonchev–Trinajstić information content (AvgIpc) is 2.08. The van der Waals surface area contributed by atoms with Crippen molar-refractivity contribution in [1.82, 2.24) is 5.32 Å². The van der Waals surface area contributed by atoms with Gasteiger partial charge < -0.3 is 5.32 Å². The first-order valence-electron chi connectivity index (χ1n) is 4.92. The molecule has 1 heteroatoms. The summed E-state index contributed by atoms with van der Waals surface area (Å²) in [6.07, 6.45) is 1.29. The maximum absolute atomic E-state index is 3.10. The third-order valence-corrected chi connectivity index (χ3v) is 0.972. The molecule has 0 aliphatic rings. The molecule has 0 atom stereocenters. The van der Waals surface area contributed by atoms with Gasteiger partial charge in [-0.15, -0.1) is 0 Å². The van der Waals surface area contributed by atoms with Crippen molar-refractivity contribution in [2.75, 3.05) is 13.6 Å². The van der Waals surface area contributed by atoms with Crippen LogP contribution in [0.25, 0.3) is 0 Å². The monoisotopic (exact) mass is 161 g/mol. The molecule has 0 spiro atoms. The van der Waals surface area contributed by atoms with Crippen LogP contribution >= 0.6 is 0 Å². The van der Waals surface area contributed by atoms with Gasteiger partial charge in [0.1, 0.15) is 0 Å². The zero-order valence-corrected chi connectivity index (χ0v) is 9.49. The van der Waals surface area contributed by atoms with E-state index in [9.17, 15) is 0 Å². The Morgan fingerprint density at radius 2 is 1.36 bits per heavy atom. The fourth-order valence-electron chi connectivity index (χ4n) is 0.433. The summed E-state index contributed by atoms with van der Waals surface area (Å²) >= 11 is 0. The molecular weight excluding hydrogens is 134 g/mol. The maximum atomic E-state index is 3.10. The molecule has 0 saturated carbocycles. The summed E-state index contributed by atoms with van der Waals surface area (Å²) in [5.41, 5.74) is 0. The molecule has 0 heterocycles. The third-order valence-electron chi connectivity index (χ3n) is 0.972. The molecule has 0 aliphatic carbocycles. The Kier molecular flexibility index (Phi) is 35.1. The van der Waals surface area contributed by atoms with Crippen LogP contribution in [-0.2, 0) is 0 Å². The van der Waals surface area contributed by atoms with Gasteiger partial charge in [-0.3, -0.25) is 0 Å². The van der Waals surface area contributed by atoms with Gasteiger partial charge in [0.2, 0.25) is 0 Å². The minimum atomic E-state index is 0.840. The van der Waals surface area contributed by atoms with Gasteiger partial charge in [0.15, 0.2) is 0 Å². The minimum absolute atomic E-state index is 0.840. The molecule has 0 saturated heterocycles. The number of rotatable bonds is 3. The van der Waals surface area contributed by atoms with Gasteiger partial charge >= 0.3 is 0 Å². The Labute approximate surface area is 73.6 Å². The Balaban J connectivity index is -0.000000138. The zero-order chi connectivity index (χ0) is 9.70. The van der Waals surface area contributed by atoms with Crippen molar-refractivity contribution in [3.05, 3.63) is 0 Å². The first-order chi connectivity index (χ1) is 5.27. The van der Waals surface area contributed by atoms with E-state index in [1.165, 1.54) is 6.42 Å². The second kappa shape index (κ2) is 22.5. The van der Waals surface area contributed by atoms with Gasteiger partial charge in [0, 0.05) is 0 Å². The molecule has 0 aliphatic heterocycles. The first-order valence-corrected chi connectivity index (χ1v) is 4.92. The normalized spacial score (nSPS) is 7.64. The SMILES string of the molecule is CC.CC.CNCCC(C)C. The lowest BCUT2D eigenvalue weighted by atomic mass is 10.1. The molecule has 0 fully saturated rings. The minimum Gasteiger partial charge on any atom is -0.320 e. The lowest BCUT2D eigenvalue weighted by molar-refractivity contribution is 0.562. The summed E-state index contributed by atoms with van der Waals surface area (Å²) in [6.45, 7) is 13.6. The van der Waals surface area contributed by atoms with Gasteiger partial charge in [-0.25, -0.2) is 0 Å². The summed E-state index contributed by atoms with van der Waals surface area (Å²) in [5, 5.41) is 3.10. The number of hydrogen-bond acceptors (Lipinski definition) is 1. The van der Waals surface area contributed by atoms with Crippen LogP contribution in [0.4, 0.5) is 0 Å². The molecule has 0 aromatic rings. The number of nitrogens with one attached hydrogen (secondary N) is 1. The van der Waals surface area contributed by atoms with Gasteiger partial charge in [-0.2, -0.15) is 0 Å². The van der Waals surface area contributed by atoms with Gasteiger partial charge in [-0.05, 0) is 25.9 Å². The molecule has 0 rings (SSSR count). The van der Waals surface area contributed by atoms with Gasteiger partial charge in [0.25, 0.3) is 0 Å². The second-order valence-corrected chi connectivity index (χ2v) is 2.29. The van der Waals surface area contributed by atoms with E-state index in [4.69, 9.17) is 0 Å². The predicted molar refractivity (Wildman–Crippen MR) is 56.1 cm³/mol. The summed E-state index contributed by atoms with van der Waals surface area (Å²) < 4.78 is 0. The lowest BCUT2D eigenvalue weighted by Gasteiger charge is -2.00. The van der Waals surface area contributed by atoms with Gasteiger partial charge in [0.05, 0.1) is 0 Å². The Hall–Kier alpha value is -0.0400. The highest BCUT2D eigenvalue weighted by Crippen LogP contribution is 1.94. The maximum Gasteiger partial charge on any atom is -0.00495 e. The van der Waals surface area contributed by atoms with Crippen molar-refractivity contribution in [1.29, 1.82) is 0 Å². The van der Waals surface area contributed by atoms with Crippen molar-refractivity contribution >= 4 is 0 Å². The predicted octanol–water partition coefficient (Wildman–Crippen LogP) is 3.30. The van der Waals surface area contributed by atoms with E-state index < -0.39 is 0 Å². The first kappa shape index (κ1) is 17.2. The third kappa shape index (κ3) is 40.2. The fourth-order valence-corrected chi connectivity index (χ4v) is 0.433. The highest BCUT2D eigenvalue weighted by atomic mass is 14.8. The molecule has 11 heavy (non-hydrogen) atoms. The highest BCUT2D eigenvalue weighted by molar-refractivity contribution is 4.45. The molecule has 0 amide bonds. The molecule has 0 aromatic carbocycles. The van der Waals surface area contributed by atoms with Crippen molar-refractivity contribution in [3.63, 3.8) is 0 Å². The van der Waals surface area contributed by atoms with Crippen LogP contribution in [0.3, 0.4) is 0 Å². The van der Waals surface area contributed by atoms with E-state index >= 15 is 0 Å². The summed E-state index contributed by atoms with van der Waals surface area (Å²) in [4.78, 5) is 0. The summed E-state index contributed by atoms with van der Waals surface area (Å²) in [5.74, 6) is 0.840. The van der Waals surface area contributed by atoms with Crippen molar-refractivity contribution in [2.45, 2.75) is 48.0 Å². The standard InChI is InChI=1S/C6H15N.2C2H6/c1-6(2)4-5-7-3;2*1-2/h6-7H,4-5H2,1-3H3;2*1-2H3. The van der Waals surface area contributed by atoms with E-state index in [-0.39, 0.29) is 0 Å².